The second-order valence-electron chi connectivity index (χ2n) is 6.40. The molecule has 3 nitrogen and oxygen atoms in total. The molecule has 2 unspecified atom stereocenters. The van der Waals surface area contributed by atoms with Gasteiger partial charge in [0, 0.05) is 22.3 Å². The Labute approximate surface area is 145 Å². The molecule has 0 aromatic carbocycles. The summed E-state index contributed by atoms with van der Waals surface area (Å²) in [5.74, 6) is 0.310. The number of nitrogens with zero attached hydrogens (tertiary/aromatic N) is 2. The van der Waals surface area contributed by atoms with Crippen molar-refractivity contribution in [2.45, 2.75) is 37.8 Å². The van der Waals surface area contributed by atoms with E-state index in [-0.39, 0.29) is 0 Å². The maximum Gasteiger partial charge on any atom is 0.237 e. The normalized spacial score (nSPS) is 25.3. The van der Waals surface area contributed by atoms with Gasteiger partial charge in [-0.1, -0.05) is 12.1 Å². The van der Waals surface area contributed by atoms with E-state index in [4.69, 9.17) is 0 Å². The van der Waals surface area contributed by atoms with Gasteiger partial charge in [-0.3, -0.25) is 9.69 Å². The molecule has 1 amide bonds. The van der Waals surface area contributed by atoms with E-state index in [1.165, 1.54) is 22.6 Å². The minimum atomic E-state index is 0.310. The van der Waals surface area contributed by atoms with Crippen LogP contribution in [0.4, 0.5) is 0 Å². The van der Waals surface area contributed by atoms with Gasteiger partial charge in [-0.05, 0) is 55.1 Å². The summed E-state index contributed by atoms with van der Waals surface area (Å²) in [6.07, 6.45) is 4.62. The summed E-state index contributed by atoms with van der Waals surface area (Å²) in [4.78, 5) is 20.2. The zero-order valence-electron chi connectivity index (χ0n) is 13.2. The predicted molar refractivity (Wildman–Crippen MR) is 95.9 cm³/mol. The number of hydrogen-bond donors (Lipinski definition) is 0. The Bertz CT molecular complexity index is 638. The second kappa shape index (κ2) is 6.75. The Balaban J connectivity index is 1.45. The molecule has 5 heteroatoms. The highest BCUT2D eigenvalue weighted by Crippen LogP contribution is 2.37. The maximum absolute atomic E-state index is 12.9. The van der Waals surface area contributed by atoms with Gasteiger partial charge in [-0.2, -0.15) is 0 Å². The van der Waals surface area contributed by atoms with E-state index in [0.717, 1.165) is 25.9 Å². The van der Waals surface area contributed by atoms with Crippen LogP contribution in [0.25, 0.3) is 0 Å². The van der Waals surface area contributed by atoms with E-state index in [2.05, 4.69) is 44.8 Å². The number of carbonyl (C=O) groups excluding carboxylic acids is 1. The lowest BCUT2D eigenvalue weighted by molar-refractivity contribution is -0.133. The molecule has 0 saturated carbocycles. The molecule has 2 aromatic rings. The average molecular weight is 347 g/mol. The van der Waals surface area contributed by atoms with Gasteiger partial charge in [-0.15, -0.1) is 22.7 Å². The largest absolute Gasteiger partial charge is 0.334 e. The third-order valence-corrected chi connectivity index (χ3v) is 6.97. The minimum Gasteiger partial charge on any atom is -0.334 e. The molecule has 2 fully saturated rings. The van der Waals surface area contributed by atoms with Crippen LogP contribution in [0.2, 0.25) is 0 Å². The molecule has 4 heterocycles. The van der Waals surface area contributed by atoms with Gasteiger partial charge < -0.3 is 4.90 Å². The highest BCUT2D eigenvalue weighted by Gasteiger charge is 2.34. The molecule has 122 valence electrons. The number of hydrogen-bond acceptors (Lipinski definition) is 4. The quantitative estimate of drug-likeness (QED) is 0.823. The Morgan fingerprint density at radius 1 is 1.00 bits per heavy atom. The van der Waals surface area contributed by atoms with Gasteiger partial charge in [0.15, 0.2) is 0 Å². The fraction of sp³-hybridized carbons (Fsp3) is 0.500. The van der Waals surface area contributed by atoms with Gasteiger partial charge in [-0.25, -0.2) is 0 Å². The van der Waals surface area contributed by atoms with Crippen LogP contribution in [0.5, 0.6) is 0 Å². The molecule has 2 saturated heterocycles. The molecule has 2 aliphatic rings. The van der Waals surface area contributed by atoms with Gasteiger partial charge in [0.05, 0.1) is 12.6 Å². The molecule has 0 radical (unpaired) electrons. The fourth-order valence-corrected chi connectivity index (χ4v) is 5.69. The smallest absolute Gasteiger partial charge is 0.237 e. The second-order valence-corrected chi connectivity index (χ2v) is 8.36. The summed E-state index contributed by atoms with van der Waals surface area (Å²) in [5, 5.41) is 4.25. The van der Waals surface area contributed by atoms with Crippen molar-refractivity contribution in [1.29, 1.82) is 0 Å². The summed E-state index contributed by atoms with van der Waals surface area (Å²) < 4.78 is 0. The van der Waals surface area contributed by atoms with Crippen LogP contribution in [0.15, 0.2) is 35.0 Å². The number of amides is 1. The molecular weight excluding hydrogens is 324 g/mol. The molecular formula is C18H22N2OS2. The van der Waals surface area contributed by atoms with Gasteiger partial charge >= 0.3 is 0 Å². The molecule has 0 bridgehead atoms. The summed E-state index contributed by atoms with van der Waals surface area (Å²) in [6, 6.07) is 9.35. The lowest BCUT2D eigenvalue weighted by atomic mass is 10.1. The van der Waals surface area contributed by atoms with E-state index < -0.39 is 0 Å². The Hall–Kier alpha value is -1.17. The summed E-state index contributed by atoms with van der Waals surface area (Å²) in [7, 11) is 0. The molecule has 2 aliphatic heterocycles. The van der Waals surface area contributed by atoms with Gasteiger partial charge in [0.2, 0.25) is 5.91 Å². The van der Waals surface area contributed by atoms with Crippen molar-refractivity contribution >= 4 is 28.6 Å². The zero-order chi connectivity index (χ0) is 15.6. The first-order chi connectivity index (χ1) is 11.3. The Morgan fingerprint density at radius 2 is 1.65 bits per heavy atom. The third kappa shape index (κ3) is 3.10. The molecule has 0 aliphatic carbocycles. The molecule has 2 atom stereocenters. The monoisotopic (exact) mass is 346 g/mol. The maximum atomic E-state index is 12.9. The zero-order valence-corrected chi connectivity index (χ0v) is 14.8. The van der Waals surface area contributed by atoms with Gasteiger partial charge in [0.25, 0.3) is 0 Å². The molecule has 4 rings (SSSR count). The third-order valence-electron chi connectivity index (χ3n) is 5.02. The fourth-order valence-electron chi connectivity index (χ4n) is 3.92. The van der Waals surface area contributed by atoms with Gasteiger partial charge in [0.1, 0.15) is 0 Å². The van der Waals surface area contributed by atoms with Crippen molar-refractivity contribution in [3.8, 4) is 0 Å². The SMILES string of the molecule is O=C(CN1CCCC1c1cccs1)N1CCCC1c1cccs1. The first-order valence-corrected chi connectivity index (χ1v) is 10.2. The highest BCUT2D eigenvalue weighted by molar-refractivity contribution is 7.10. The van der Waals surface area contributed by atoms with Crippen molar-refractivity contribution in [3.63, 3.8) is 0 Å². The van der Waals surface area contributed by atoms with Crippen LogP contribution in [0.1, 0.15) is 47.5 Å². The number of thiophene rings is 2. The minimum absolute atomic E-state index is 0.310. The number of carbonyl (C=O) groups is 1. The summed E-state index contributed by atoms with van der Waals surface area (Å²) in [5.41, 5.74) is 0. The van der Waals surface area contributed by atoms with Crippen LogP contribution in [0, 0.1) is 0 Å². The van der Waals surface area contributed by atoms with Crippen molar-refractivity contribution in [2.75, 3.05) is 19.6 Å². The van der Waals surface area contributed by atoms with E-state index in [9.17, 15) is 4.79 Å². The molecule has 2 aromatic heterocycles. The van der Waals surface area contributed by atoms with Crippen molar-refractivity contribution in [1.82, 2.24) is 9.80 Å². The topological polar surface area (TPSA) is 23.6 Å². The van der Waals surface area contributed by atoms with Crippen LogP contribution < -0.4 is 0 Å². The van der Waals surface area contributed by atoms with Crippen molar-refractivity contribution < 1.29 is 4.79 Å². The molecule has 0 spiro atoms. The number of rotatable bonds is 4. The molecule has 0 N–H and O–H groups in total. The lowest BCUT2D eigenvalue weighted by Gasteiger charge is -2.29. The lowest BCUT2D eigenvalue weighted by Crippen LogP contribution is -2.39. The van der Waals surface area contributed by atoms with E-state index in [1.54, 1.807) is 11.3 Å². The van der Waals surface area contributed by atoms with Crippen LogP contribution >= 0.6 is 22.7 Å². The molecule has 23 heavy (non-hydrogen) atoms. The van der Waals surface area contributed by atoms with Crippen LogP contribution in [-0.2, 0) is 4.79 Å². The summed E-state index contributed by atoms with van der Waals surface area (Å²) >= 11 is 3.59. The Kier molecular flexibility index (Phi) is 4.51. The van der Waals surface area contributed by atoms with Crippen molar-refractivity contribution in [2.24, 2.45) is 0 Å². The standard InChI is InChI=1S/C18H22N2OS2/c21-18(20-10-2-6-15(20)17-8-4-12-23-17)13-19-9-1-5-14(19)16-7-3-11-22-16/h3-4,7-8,11-12,14-15H,1-2,5-6,9-10,13H2. The first-order valence-electron chi connectivity index (χ1n) is 8.43. The van der Waals surface area contributed by atoms with Crippen LogP contribution in [0.3, 0.4) is 0 Å². The Morgan fingerprint density at radius 3 is 2.35 bits per heavy atom. The van der Waals surface area contributed by atoms with E-state index in [1.807, 2.05) is 11.3 Å². The van der Waals surface area contributed by atoms with Crippen LogP contribution in [-0.4, -0.2) is 35.3 Å². The van der Waals surface area contributed by atoms with E-state index >= 15 is 0 Å². The first kappa shape index (κ1) is 15.4. The number of likely N-dealkylation sites (tertiary alicyclic amines) is 2. The van der Waals surface area contributed by atoms with E-state index in [0.29, 0.717) is 24.5 Å². The average Bonchev–Trinajstić information content (AvgIpc) is 3.31. The predicted octanol–water partition coefficient (Wildman–Crippen LogP) is 4.31. The highest BCUT2D eigenvalue weighted by atomic mass is 32.1. The summed E-state index contributed by atoms with van der Waals surface area (Å²) in [6.45, 7) is 2.54. The van der Waals surface area contributed by atoms with Crippen molar-refractivity contribution in [3.05, 3.63) is 44.8 Å².